The zero-order chi connectivity index (χ0) is 21.3. The first-order valence-corrected chi connectivity index (χ1v) is 11.5. The first-order chi connectivity index (χ1) is 14.6. The van der Waals surface area contributed by atoms with Crippen LogP contribution in [0.15, 0.2) is 12.4 Å². The number of likely N-dealkylation sites (N-methyl/N-ethyl adjacent to an activating group) is 2. The maximum Gasteiger partial charge on any atom is 0.244 e. The molecule has 8 heteroatoms. The van der Waals surface area contributed by atoms with E-state index in [1.807, 2.05) is 12.4 Å². The second-order valence-electron chi connectivity index (χ2n) is 8.65. The third kappa shape index (κ3) is 6.04. The average molecular weight is 419 g/mol. The summed E-state index contributed by atoms with van der Waals surface area (Å²) in [6.45, 7) is 6.31. The van der Waals surface area contributed by atoms with Gasteiger partial charge in [0.05, 0.1) is 11.9 Å². The molecule has 1 aromatic heterocycles. The number of hydrogen-bond donors (Lipinski definition) is 1. The lowest BCUT2D eigenvalue weighted by atomic mass is 9.94. The van der Waals surface area contributed by atoms with Gasteiger partial charge in [0.1, 0.15) is 12.3 Å². The minimum atomic E-state index is -0.439. The van der Waals surface area contributed by atoms with Crippen molar-refractivity contribution in [2.75, 3.05) is 58.3 Å². The zero-order valence-electron chi connectivity index (χ0n) is 18.6. The molecule has 168 valence electrons. The lowest BCUT2D eigenvalue weighted by Crippen LogP contribution is -2.49. The van der Waals surface area contributed by atoms with Crippen molar-refractivity contribution in [3.63, 3.8) is 0 Å². The Bertz CT molecular complexity index is 664. The van der Waals surface area contributed by atoms with Gasteiger partial charge in [0.2, 0.25) is 5.91 Å². The van der Waals surface area contributed by atoms with Crippen LogP contribution in [-0.2, 0) is 9.59 Å². The molecule has 1 saturated heterocycles. The number of aldehydes is 1. The standard InChI is InChI=1S/C22H38N6O2/c1-23-22(30)21(9-6-16-29)28-18-20(17-24-28)27-14-12-26(13-15-27)11-10-25(2)19-7-4-3-5-8-19/h16-19,21H,3-15H2,1-2H3,(H,23,30). The molecule has 1 atom stereocenters. The number of carbonyl (C=O) groups excluding carboxylic acids is 2. The van der Waals surface area contributed by atoms with Crippen LogP contribution in [-0.4, -0.2) is 91.2 Å². The van der Waals surface area contributed by atoms with Crippen molar-refractivity contribution in [3.8, 4) is 0 Å². The summed E-state index contributed by atoms with van der Waals surface area (Å²) in [6.07, 6.45) is 12.3. The number of nitrogens with one attached hydrogen (secondary N) is 1. The predicted octanol–water partition coefficient (Wildman–Crippen LogP) is 1.54. The minimum Gasteiger partial charge on any atom is -0.366 e. The molecule has 2 heterocycles. The van der Waals surface area contributed by atoms with Gasteiger partial charge in [0.25, 0.3) is 0 Å². The van der Waals surface area contributed by atoms with Crippen LogP contribution < -0.4 is 10.2 Å². The van der Waals surface area contributed by atoms with Crippen LogP contribution in [0.5, 0.6) is 0 Å². The normalized spacial score (nSPS) is 19.8. The number of amides is 1. The molecule has 0 aromatic carbocycles. The molecule has 0 spiro atoms. The summed E-state index contributed by atoms with van der Waals surface area (Å²) < 4.78 is 1.70. The Balaban J connectivity index is 1.46. The van der Waals surface area contributed by atoms with Gasteiger partial charge >= 0.3 is 0 Å². The Morgan fingerprint density at radius 2 is 2.00 bits per heavy atom. The van der Waals surface area contributed by atoms with Crippen LogP contribution in [0.4, 0.5) is 5.69 Å². The van der Waals surface area contributed by atoms with E-state index < -0.39 is 6.04 Å². The van der Waals surface area contributed by atoms with E-state index in [-0.39, 0.29) is 5.91 Å². The van der Waals surface area contributed by atoms with E-state index in [4.69, 9.17) is 0 Å². The highest BCUT2D eigenvalue weighted by atomic mass is 16.2. The lowest BCUT2D eigenvalue weighted by Gasteiger charge is -2.37. The monoisotopic (exact) mass is 418 g/mol. The fourth-order valence-electron chi connectivity index (χ4n) is 4.67. The van der Waals surface area contributed by atoms with Crippen molar-refractivity contribution in [2.24, 2.45) is 0 Å². The molecule has 1 unspecified atom stereocenters. The predicted molar refractivity (Wildman–Crippen MR) is 119 cm³/mol. The molecule has 1 saturated carbocycles. The highest BCUT2D eigenvalue weighted by Gasteiger charge is 2.24. The highest BCUT2D eigenvalue weighted by molar-refractivity contribution is 5.80. The maximum atomic E-state index is 12.2. The fourth-order valence-corrected chi connectivity index (χ4v) is 4.67. The van der Waals surface area contributed by atoms with Crippen molar-refractivity contribution in [1.82, 2.24) is 24.9 Å². The number of nitrogens with zero attached hydrogens (tertiary/aromatic N) is 5. The highest BCUT2D eigenvalue weighted by Crippen LogP contribution is 2.22. The molecule has 0 bridgehead atoms. The molecule has 1 aliphatic heterocycles. The second-order valence-corrected chi connectivity index (χ2v) is 8.65. The minimum absolute atomic E-state index is 0.113. The van der Waals surface area contributed by atoms with Crippen molar-refractivity contribution < 1.29 is 9.59 Å². The van der Waals surface area contributed by atoms with Crippen LogP contribution in [0.3, 0.4) is 0 Å². The van der Waals surface area contributed by atoms with E-state index in [1.165, 1.54) is 32.1 Å². The summed E-state index contributed by atoms with van der Waals surface area (Å²) in [5, 5.41) is 7.10. The maximum absolute atomic E-state index is 12.2. The van der Waals surface area contributed by atoms with E-state index in [1.54, 1.807) is 11.7 Å². The molecular weight excluding hydrogens is 380 g/mol. The summed E-state index contributed by atoms with van der Waals surface area (Å²) in [5.74, 6) is -0.113. The number of carbonyl (C=O) groups is 2. The van der Waals surface area contributed by atoms with Gasteiger partial charge in [-0.1, -0.05) is 19.3 Å². The molecule has 2 aliphatic rings. The van der Waals surface area contributed by atoms with Crippen LogP contribution in [0, 0.1) is 0 Å². The summed E-state index contributed by atoms with van der Waals surface area (Å²) in [7, 11) is 3.90. The van der Waals surface area contributed by atoms with Crippen molar-refractivity contribution in [3.05, 3.63) is 12.4 Å². The Morgan fingerprint density at radius 1 is 1.27 bits per heavy atom. The molecule has 1 amide bonds. The van der Waals surface area contributed by atoms with Crippen LogP contribution in [0.25, 0.3) is 0 Å². The SMILES string of the molecule is CNC(=O)C(CCC=O)n1cc(N2CCN(CCN(C)C3CCCCC3)CC2)cn1. The van der Waals surface area contributed by atoms with Gasteiger partial charge in [-0.15, -0.1) is 0 Å². The molecular formula is C22H38N6O2. The van der Waals surface area contributed by atoms with Crippen molar-refractivity contribution >= 4 is 17.9 Å². The topological polar surface area (TPSA) is 73.7 Å². The molecule has 0 radical (unpaired) electrons. The van der Waals surface area contributed by atoms with Gasteiger partial charge in [-0.3, -0.25) is 14.4 Å². The summed E-state index contributed by atoms with van der Waals surface area (Å²) in [6, 6.07) is 0.337. The van der Waals surface area contributed by atoms with Gasteiger partial charge in [-0.25, -0.2) is 0 Å². The van der Waals surface area contributed by atoms with Crippen LogP contribution in [0.1, 0.15) is 51.0 Å². The Kier molecular flexibility index (Phi) is 8.69. The average Bonchev–Trinajstić information content (AvgIpc) is 3.28. The smallest absolute Gasteiger partial charge is 0.244 e. The largest absolute Gasteiger partial charge is 0.366 e. The van der Waals surface area contributed by atoms with E-state index in [9.17, 15) is 9.59 Å². The van der Waals surface area contributed by atoms with Crippen molar-refractivity contribution in [2.45, 2.75) is 57.0 Å². The summed E-state index contributed by atoms with van der Waals surface area (Å²) >= 11 is 0. The fraction of sp³-hybridized carbons (Fsp3) is 0.773. The number of piperazine rings is 1. The molecule has 3 rings (SSSR count). The Hall–Kier alpha value is -1.93. The van der Waals surface area contributed by atoms with E-state index in [0.717, 1.165) is 57.3 Å². The molecule has 8 nitrogen and oxygen atoms in total. The van der Waals surface area contributed by atoms with Gasteiger partial charge in [-0.2, -0.15) is 5.10 Å². The lowest BCUT2D eigenvalue weighted by molar-refractivity contribution is -0.124. The first kappa shape index (κ1) is 22.7. The Morgan fingerprint density at radius 3 is 2.67 bits per heavy atom. The van der Waals surface area contributed by atoms with E-state index >= 15 is 0 Å². The molecule has 1 aromatic rings. The van der Waals surface area contributed by atoms with E-state index in [0.29, 0.717) is 12.8 Å². The third-order valence-electron chi connectivity index (χ3n) is 6.72. The molecule has 1 N–H and O–H groups in total. The molecule has 1 aliphatic carbocycles. The summed E-state index contributed by atoms with van der Waals surface area (Å²) in [4.78, 5) is 30.4. The Labute approximate surface area is 180 Å². The van der Waals surface area contributed by atoms with Crippen LogP contribution in [0.2, 0.25) is 0 Å². The zero-order valence-corrected chi connectivity index (χ0v) is 18.6. The van der Waals surface area contributed by atoms with Crippen LogP contribution >= 0.6 is 0 Å². The molecule has 30 heavy (non-hydrogen) atoms. The number of aromatic nitrogens is 2. The quantitative estimate of drug-likeness (QED) is 0.581. The summed E-state index contributed by atoms with van der Waals surface area (Å²) in [5.41, 5.74) is 1.05. The molecule has 2 fully saturated rings. The van der Waals surface area contributed by atoms with Gasteiger partial charge < -0.3 is 19.9 Å². The van der Waals surface area contributed by atoms with Gasteiger partial charge in [0.15, 0.2) is 0 Å². The number of rotatable bonds is 10. The van der Waals surface area contributed by atoms with Crippen molar-refractivity contribution in [1.29, 1.82) is 0 Å². The van der Waals surface area contributed by atoms with E-state index in [2.05, 4.69) is 32.2 Å². The number of hydrogen-bond acceptors (Lipinski definition) is 6. The second kappa shape index (κ2) is 11.5. The van der Waals surface area contributed by atoms with Gasteiger partial charge in [-0.05, 0) is 26.3 Å². The first-order valence-electron chi connectivity index (χ1n) is 11.5. The van der Waals surface area contributed by atoms with Gasteiger partial charge in [0, 0.05) is 65.0 Å². The third-order valence-corrected chi connectivity index (χ3v) is 6.72. The number of anilines is 1.